The second-order valence-corrected chi connectivity index (χ2v) is 7.73. The van der Waals surface area contributed by atoms with Gasteiger partial charge in [-0.05, 0) is 23.8 Å². The van der Waals surface area contributed by atoms with Crippen LogP contribution in [0.2, 0.25) is 0 Å². The lowest BCUT2D eigenvalue weighted by Crippen LogP contribution is -2.27. The maximum absolute atomic E-state index is 13.2. The molecule has 0 saturated carbocycles. The van der Waals surface area contributed by atoms with Crippen LogP contribution in [0, 0.1) is 5.82 Å². The van der Waals surface area contributed by atoms with E-state index in [0.717, 1.165) is 5.56 Å². The Kier molecular flexibility index (Phi) is 6.19. The minimum Gasteiger partial charge on any atom is -0.341 e. The van der Waals surface area contributed by atoms with E-state index in [2.05, 4.69) is 15.5 Å². The van der Waals surface area contributed by atoms with Crippen molar-refractivity contribution in [3.8, 4) is 0 Å². The van der Waals surface area contributed by atoms with Crippen LogP contribution in [0.15, 0.2) is 58.9 Å². The summed E-state index contributed by atoms with van der Waals surface area (Å²) in [6, 6.07) is 16.0. The first kappa shape index (κ1) is 18.3. The number of anilines is 2. The second kappa shape index (κ2) is 8.77. The van der Waals surface area contributed by atoms with Crippen molar-refractivity contribution in [1.82, 2.24) is 15.1 Å². The number of hydrogen-bond acceptors (Lipinski definition) is 6. The highest BCUT2D eigenvalue weighted by Gasteiger charge is 2.12. The topological polar surface area (TPSA) is 58.1 Å². The van der Waals surface area contributed by atoms with E-state index in [1.54, 1.807) is 24.1 Å². The molecule has 0 fully saturated rings. The molecule has 0 aliphatic rings. The van der Waals surface area contributed by atoms with E-state index in [1.807, 2.05) is 30.3 Å². The van der Waals surface area contributed by atoms with E-state index in [0.29, 0.717) is 21.7 Å². The smallest absolute Gasteiger partial charge is 0.233 e. The third-order valence-corrected chi connectivity index (χ3v) is 5.45. The minimum absolute atomic E-state index is 0.0219. The molecule has 1 aromatic heterocycles. The molecule has 0 aliphatic heterocycles. The number of hydrogen-bond donors (Lipinski definition) is 1. The molecule has 1 heterocycles. The summed E-state index contributed by atoms with van der Waals surface area (Å²) in [6.07, 6.45) is 0. The number of nitrogens with zero attached hydrogens (tertiary/aromatic N) is 3. The number of aromatic nitrogens is 2. The molecule has 3 rings (SSSR count). The summed E-state index contributed by atoms with van der Waals surface area (Å²) in [5, 5.41) is 11.6. The average Bonchev–Trinajstić information content (AvgIpc) is 3.08. The quantitative estimate of drug-likeness (QED) is 0.616. The summed E-state index contributed by atoms with van der Waals surface area (Å²) in [5.41, 5.74) is 1.70. The Bertz CT molecular complexity index is 872. The van der Waals surface area contributed by atoms with Gasteiger partial charge in [0.15, 0.2) is 4.34 Å². The molecule has 3 aromatic rings. The summed E-state index contributed by atoms with van der Waals surface area (Å²) < 4.78 is 13.9. The van der Waals surface area contributed by atoms with Crippen molar-refractivity contribution in [2.75, 3.05) is 18.1 Å². The predicted octanol–water partition coefficient (Wildman–Crippen LogP) is 4.17. The lowest BCUT2D eigenvalue weighted by molar-refractivity contribution is -0.127. The molecule has 2 aromatic carbocycles. The molecular weight excluding hydrogens is 371 g/mol. The van der Waals surface area contributed by atoms with E-state index in [4.69, 9.17) is 0 Å². The monoisotopic (exact) mass is 388 g/mol. The molecule has 134 valence electrons. The van der Waals surface area contributed by atoms with Crippen LogP contribution in [0.4, 0.5) is 15.2 Å². The fourth-order valence-electron chi connectivity index (χ4n) is 2.19. The number of thioether (sulfide) groups is 1. The van der Waals surface area contributed by atoms with Gasteiger partial charge in [-0.2, -0.15) is 0 Å². The number of halogens is 1. The zero-order chi connectivity index (χ0) is 18.4. The summed E-state index contributed by atoms with van der Waals surface area (Å²) >= 11 is 2.67. The molecule has 0 spiro atoms. The molecule has 0 atom stereocenters. The molecule has 0 aliphatic carbocycles. The van der Waals surface area contributed by atoms with Gasteiger partial charge in [0.25, 0.3) is 0 Å². The second-order valence-electron chi connectivity index (χ2n) is 5.53. The third-order valence-electron chi connectivity index (χ3n) is 3.49. The maximum atomic E-state index is 13.2. The van der Waals surface area contributed by atoms with Crippen molar-refractivity contribution in [2.24, 2.45) is 0 Å². The predicted molar refractivity (Wildman–Crippen MR) is 103 cm³/mol. The highest BCUT2D eigenvalue weighted by atomic mass is 32.2. The van der Waals surface area contributed by atoms with Crippen LogP contribution in [0.1, 0.15) is 5.56 Å². The molecule has 1 amide bonds. The van der Waals surface area contributed by atoms with E-state index in [-0.39, 0.29) is 17.5 Å². The molecule has 5 nitrogen and oxygen atoms in total. The zero-order valence-corrected chi connectivity index (χ0v) is 15.7. The van der Waals surface area contributed by atoms with Crippen molar-refractivity contribution < 1.29 is 9.18 Å². The molecule has 0 bridgehead atoms. The van der Waals surface area contributed by atoms with Gasteiger partial charge in [0.05, 0.1) is 5.75 Å². The number of benzene rings is 2. The van der Waals surface area contributed by atoms with Crippen LogP contribution < -0.4 is 5.32 Å². The van der Waals surface area contributed by atoms with Gasteiger partial charge in [-0.25, -0.2) is 4.39 Å². The molecule has 0 unspecified atom stereocenters. The molecule has 1 N–H and O–H groups in total. The normalized spacial score (nSPS) is 10.5. The first-order chi connectivity index (χ1) is 12.6. The molecule has 26 heavy (non-hydrogen) atoms. The number of rotatable bonds is 7. The van der Waals surface area contributed by atoms with Crippen LogP contribution in [-0.4, -0.2) is 33.8 Å². The van der Waals surface area contributed by atoms with Crippen LogP contribution >= 0.6 is 23.1 Å². The highest BCUT2D eigenvalue weighted by molar-refractivity contribution is 8.01. The summed E-state index contributed by atoms with van der Waals surface area (Å²) in [6.45, 7) is 0.572. The van der Waals surface area contributed by atoms with E-state index >= 15 is 0 Å². The van der Waals surface area contributed by atoms with Crippen molar-refractivity contribution in [1.29, 1.82) is 0 Å². The fraction of sp³-hybridized carbons (Fsp3) is 0.167. The van der Waals surface area contributed by atoms with Gasteiger partial charge in [0, 0.05) is 19.3 Å². The SMILES string of the molecule is CN(Cc1ccccc1)C(=O)CSc1nnc(Nc2cccc(F)c2)s1. The van der Waals surface area contributed by atoms with Crippen LogP contribution in [0.25, 0.3) is 0 Å². The van der Waals surface area contributed by atoms with Crippen molar-refractivity contribution in [3.63, 3.8) is 0 Å². The summed E-state index contributed by atoms with van der Waals surface area (Å²) in [5.74, 6) is -0.00681. The molecule has 8 heteroatoms. The third kappa shape index (κ3) is 5.27. The Balaban J connectivity index is 1.50. The average molecular weight is 388 g/mol. The summed E-state index contributed by atoms with van der Waals surface area (Å²) in [4.78, 5) is 14.0. The van der Waals surface area contributed by atoms with Crippen molar-refractivity contribution in [3.05, 3.63) is 66.0 Å². The molecular formula is C18H17FN4OS2. The number of carbonyl (C=O) groups is 1. The van der Waals surface area contributed by atoms with E-state index < -0.39 is 0 Å². The first-order valence-corrected chi connectivity index (χ1v) is 9.67. The Hall–Kier alpha value is -2.45. The van der Waals surface area contributed by atoms with Gasteiger partial charge < -0.3 is 10.2 Å². The van der Waals surface area contributed by atoms with Crippen molar-refractivity contribution >= 4 is 39.8 Å². The van der Waals surface area contributed by atoms with Gasteiger partial charge in [-0.3, -0.25) is 4.79 Å². The number of nitrogens with one attached hydrogen (secondary N) is 1. The molecule has 0 saturated heterocycles. The Morgan fingerprint density at radius 1 is 1.19 bits per heavy atom. The van der Waals surface area contributed by atoms with Crippen molar-refractivity contribution in [2.45, 2.75) is 10.9 Å². The van der Waals surface area contributed by atoms with E-state index in [9.17, 15) is 9.18 Å². The van der Waals surface area contributed by atoms with Crippen LogP contribution in [0.5, 0.6) is 0 Å². The largest absolute Gasteiger partial charge is 0.341 e. The zero-order valence-electron chi connectivity index (χ0n) is 14.1. The van der Waals surface area contributed by atoms with E-state index in [1.165, 1.54) is 35.2 Å². The number of carbonyl (C=O) groups excluding carboxylic acids is 1. The standard InChI is InChI=1S/C18H17FN4OS2/c1-23(11-13-6-3-2-4-7-13)16(24)12-25-18-22-21-17(26-18)20-15-9-5-8-14(19)10-15/h2-10H,11-12H2,1H3,(H,20,21). The highest BCUT2D eigenvalue weighted by Crippen LogP contribution is 2.28. The fourth-order valence-corrected chi connectivity index (χ4v) is 3.90. The lowest BCUT2D eigenvalue weighted by atomic mass is 10.2. The van der Waals surface area contributed by atoms with Crippen LogP contribution in [-0.2, 0) is 11.3 Å². The van der Waals surface area contributed by atoms with Gasteiger partial charge in [-0.1, -0.05) is 59.5 Å². The first-order valence-electron chi connectivity index (χ1n) is 7.87. The number of amides is 1. The summed E-state index contributed by atoms with van der Waals surface area (Å²) in [7, 11) is 1.78. The van der Waals surface area contributed by atoms with Gasteiger partial charge in [0.1, 0.15) is 5.82 Å². The Morgan fingerprint density at radius 3 is 2.77 bits per heavy atom. The molecule has 0 radical (unpaired) electrons. The van der Waals surface area contributed by atoms with Gasteiger partial charge in [0.2, 0.25) is 11.0 Å². The maximum Gasteiger partial charge on any atom is 0.233 e. The van der Waals surface area contributed by atoms with Gasteiger partial charge >= 0.3 is 0 Å². The Morgan fingerprint density at radius 2 is 2.00 bits per heavy atom. The van der Waals surface area contributed by atoms with Gasteiger partial charge in [-0.15, -0.1) is 10.2 Å². The van der Waals surface area contributed by atoms with Crippen LogP contribution in [0.3, 0.4) is 0 Å². The minimum atomic E-state index is -0.318. The lowest BCUT2D eigenvalue weighted by Gasteiger charge is -2.16. The Labute approximate surface area is 159 Å².